The van der Waals surface area contributed by atoms with Crippen LogP contribution in [-0.4, -0.2) is 40.3 Å². The fraction of sp³-hybridized carbons (Fsp3) is 0.208. The zero-order chi connectivity index (χ0) is 21.4. The number of fused-ring (bicyclic) bond motifs is 1. The lowest BCUT2D eigenvalue weighted by Gasteiger charge is -2.10. The average Bonchev–Trinajstić information content (AvgIpc) is 3.44. The molecule has 0 spiro atoms. The molecule has 0 radical (unpaired) electrons. The topological polar surface area (TPSA) is 78.2 Å². The van der Waals surface area contributed by atoms with Gasteiger partial charge in [0.2, 0.25) is 0 Å². The third kappa shape index (κ3) is 3.70. The molecule has 1 N–H and O–H groups in total. The first kappa shape index (κ1) is 21.8. The van der Waals surface area contributed by atoms with Gasteiger partial charge in [-0.05, 0) is 48.4 Å². The van der Waals surface area contributed by atoms with Crippen LogP contribution in [0.3, 0.4) is 0 Å². The van der Waals surface area contributed by atoms with Crippen LogP contribution in [0, 0.1) is 0 Å². The number of aromatic nitrogens is 3. The van der Waals surface area contributed by atoms with Crippen LogP contribution in [0.25, 0.3) is 28.0 Å². The van der Waals surface area contributed by atoms with Gasteiger partial charge in [-0.2, -0.15) is 0 Å². The van der Waals surface area contributed by atoms with Crippen LogP contribution < -0.4 is 11.0 Å². The number of nitrogens with zero attached hydrogens (tertiary/aromatic N) is 3. The van der Waals surface area contributed by atoms with Crippen molar-refractivity contribution < 1.29 is 9.53 Å². The lowest BCUT2D eigenvalue weighted by molar-refractivity contribution is 0.0594. The summed E-state index contributed by atoms with van der Waals surface area (Å²) in [5, 5.41) is 3.30. The maximum atomic E-state index is 13.5. The smallest absolute Gasteiger partial charge is 0.356 e. The molecule has 1 aliphatic rings. The predicted octanol–water partition coefficient (Wildman–Crippen LogP) is 3.60. The third-order valence-corrected chi connectivity index (χ3v) is 5.75. The number of hydrogen-bond acceptors (Lipinski definition) is 5. The molecule has 5 rings (SSSR count). The molecular weight excluding hydrogens is 428 g/mol. The molecule has 0 saturated carbocycles. The highest BCUT2D eigenvalue weighted by molar-refractivity contribution is 5.90. The quantitative estimate of drug-likeness (QED) is 0.481. The van der Waals surface area contributed by atoms with E-state index >= 15 is 0 Å². The first-order chi connectivity index (χ1) is 15.2. The highest BCUT2D eigenvalue weighted by atomic mass is 35.5. The van der Waals surface area contributed by atoms with Crippen LogP contribution in [-0.2, 0) is 4.74 Å². The van der Waals surface area contributed by atoms with Crippen molar-refractivity contribution >= 4 is 29.5 Å². The molecule has 164 valence electrons. The number of pyridine rings is 1. The molecule has 3 heterocycles. The first-order valence-corrected chi connectivity index (χ1v) is 10.3. The van der Waals surface area contributed by atoms with Crippen LogP contribution in [0.4, 0.5) is 0 Å². The van der Waals surface area contributed by atoms with Gasteiger partial charge < -0.3 is 10.1 Å². The van der Waals surface area contributed by atoms with E-state index in [0.29, 0.717) is 17.7 Å². The van der Waals surface area contributed by atoms with Gasteiger partial charge in [-0.25, -0.2) is 14.6 Å². The van der Waals surface area contributed by atoms with E-state index in [1.807, 2.05) is 42.5 Å². The van der Waals surface area contributed by atoms with Crippen molar-refractivity contribution in [1.82, 2.24) is 19.4 Å². The van der Waals surface area contributed by atoms with Crippen molar-refractivity contribution in [2.45, 2.75) is 12.5 Å². The zero-order valence-electron chi connectivity index (χ0n) is 17.5. The molecule has 0 aliphatic carbocycles. The van der Waals surface area contributed by atoms with E-state index in [1.165, 1.54) is 7.11 Å². The van der Waals surface area contributed by atoms with E-state index < -0.39 is 5.97 Å². The van der Waals surface area contributed by atoms with E-state index in [4.69, 9.17) is 4.74 Å². The van der Waals surface area contributed by atoms with Crippen LogP contribution in [0.15, 0.2) is 71.5 Å². The molecule has 2 aromatic heterocycles. The number of nitrogens with one attached hydrogen (secondary N) is 1. The number of rotatable bonds is 4. The van der Waals surface area contributed by atoms with Crippen molar-refractivity contribution in [3.05, 3.63) is 82.9 Å². The minimum Gasteiger partial charge on any atom is -0.464 e. The van der Waals surface area contributed by atoms with Gasteiger partial charge in [0.1, 0.15) is 0 Å². The number of carbonyl (C=O) groups excluding carboxylic acids is 1. The number of methoxy groups -OCH3 is 1. The highest BCUT2D eigenvalue weighted by Gasteiger charge is 2.25. The molecule has 32 heavy (non-hydrogen) atoms. The van der Waals surface area contributed by atoms with Crippen LogP contribution in [0.2, 0.25) is 0 Å². The Kier molecular flexibility index (Phi) is 6.12. The second-order valence-electron chi connectivity index (χ2n) is 7.58. The van der Waals surface area contributed by atoms with Crippen molar-refractivity contribution in [2.24, 2.45) is 0 Å². The fourth-order valence-corrected chi connectivity index (χ4v) is 4.18. The summed E-state index contributed by atoms with van der Waals surface area (Å²) in [7, 11) is 1.32. The molecule has 0 amide bonds. The minimum absolute atomic E-state index is 0. The zero-order valence-corrected chi connectivity index (χ0v) is 18.3. The Balaban J connectivity index is 0.00000245. The third-order valence-electron chi connectivity index (χ3n) is 5.75. The Hall–Kier alpha value is -3.42. The standard InChI is InChI=1S/C24H22N4O3.ClH/c1-31-23(29)20-11-12-21-22(26-20)28(19-13-14-25-15-19)24(30)27(21)18-9-7-17(8-10-18)16-5-3-2-4-6-16;/h2-12,19,25H,13-15H2,1H3;1H. The summed E-state index contributed by atoms with van der Waals surface area (Å²) in [6, 6.07) is 21.3. The Morgan fingerprint density at radius 2 is 1.75 bits per heavy atom. The average molecular weight is 451 g/mol. The second-order valence-corrected chi connectivity index (χ2v) is 7.58. The number of imidazole rings is 1. The fourth-order valence-electron chi connectivity index (χ4n) is 4.18. The summed E-state index contributed by atoms with van der Waals surface area (Å²) in [5.41, 5.74) is 4.13. The summed E-state index contributed by atoms with van der Waals surface area (Å²) >= 11 is 0. The number of carbonyl (C=O) groups is 1. The van der Waals surface area contributed by atoms with Gasteiger partial charge in [-0.15, -0.1) is 12.4 Å². The van der Waals surface area contributed by atoms with E-state index in [-0.39, 0.29) is 29.8 Å². The lowest BCUT2D eigenvalue weighted by Crippen LogP contribution is -2.28. The molecule has 1 saturated heterocycles. The Morgan fingerprint density at radius 1 is 1.03 bits per heavy atom. The predicted molar refractivity (Wildman–Crippen MR) is 126 cm³/mol. The second kappa shape index (κ2) is 8.98. The van der Waals surface area contributed by atoms with E-state index in [1.54, 1.807) is 21.3 Å². The summed E-state index contributed by atoms with van der Waals surface area (Å²) < 4.78 is 8.18. The summed E-state index contributed by atoms with van der Waals surface area (Å²) in [4.78, 5) is 30.1. The summed E-state index contributed by atoms with van der Waals surface area (Å²) in [6.45, 7) is 1.53. The Labute approximate surface area is 191 Å². The molecule has 0 bridgehead atoms. The summed E-state index contributed by atoms with van der Waals surface area (Å²) in [5.74, 6) is -0.523. The monoisotopic (exact) mass is 450 g/mol. The largest absolute Gasteiger partial charge is 0.464 e. The number of benzene rings is 2. The van der Waals surface area contributed by atoms with Gasteiger partial charge in [-0.3, -0.25) is 9.13 Å². The molecule has 1 atom stereocenters. The first-order valence-electron chi connectivity index (χ1n) is 10.3. The van der Waals surface area contributed by atoms with Gasteiger partial charge >= 0.3 is 11.7 Å². The number of hydrogen-bond donors (Lipinski definition) is 1. The maximum Gasteiger partial charge on any atom is 0.356 e. The Bertz CT molecular complexity index is 1310. The molecule has 2 aromatic carbocycles. The van der Waals surface area contributed by atoms with Crippen molar-refractivity contribution in [2.75, 3.05) is 20.2 Å². The van der Waals surface area contributed by atoms with Crippen LogP contribution >= 0.6 is 12.4 Å². The van der Waals surface area contributed by atoms with Gasteiger partial charge in [0.25, 0.3) is 0 Å². The molecule has 1 fully saturated rings. The number of halogens is 1. The molecule has 8 heteroatoms. The molecule has 7 nitrogen and oxygen atoms in total. The molecular formula is C24H23ClN4O3. The molecule has 1 aliphatic heterocycles. The van der Waals surface area contributed by atoms with E-state index in [9.17, 15) is 9.59 Å². The summed E-state index contributed by atoms with van der Waals surface area (Å²) in [6.07, 6.45) is 0.829. The van der Waals surface area contributed by atoms with Gasteiger partial charge in [-0.1, -0.05) is 42.5 Å². The van der Waals surface area contributed by atoms with E-state index in [2.05, 4.69) is 22.4 Å². The number of ether oxygens (including phenoxy) is 1. The van der Waals surface area contributed by atoms with Crippen LogP contribution in [0.5, 0.6) is 0 Å². The molecule has 4 aromatic rings. The van der Waals surface area contributed by atoms with E-state index in [0.717, 1.165) is 29.8 Å². The SMILES string of the molecule is COC(=O)c1ccc2c(n1)n(C1CCNC1)c(=O)n2-c1ccc(-c2ccccc2)cc1.Cl. The Morgan fingerprint density at radius 3 is 2.41 bits per heavy atom. The molecule has 1 unspecified atom stereocenters. The van der Waals surface area contributed by atoms with Crippen molar-refractivity contribution in [3.63, 3.8) is 0 Å². The normalized spacial score (nSPS) is 15.5. The van der Waals surface area contributed by atoms with Crippen molar-refractivity contribution in [3.8, 4) is 16.8 Å². The van der Waals surface area contributed by atoms with Gasteiger partial charge in [0.05, 0.1) is 24.4 Å². The number of esters is 1. The lowest BCUT2D eigenvalue weighted by atomic mass is 10.1. The van der Waals surface area contributed by atoms with Gasteiger partial charge in [0, 0.05) is 6.54 Å². The van der Waals surface area contributed by atoms with Gasteiger partial charge in [0.15, 0.2) is 11.3 Å². The van der Waals surface area contributed by atoms with Crippen LogP contribution in [0.1, 0.15) is 23.0 Å². The maximum absolute atomic E-state index is 13.5. The minimum atomic E-state index is -0.523. The highest BCUT2D eigenvalue weighted by Crippen LogP contribution is 2.25. The van der Waals surface area contributed by atoms with Crippen molar-refractivity contribution in [1.29, 1.82) is 0 Å².